The molecule has 1 heterocycles. The summed E-state index contributed by atoms with van der Waals surface area (Å²) in [4.78, 5) is 19.9. The average Bonchev–Trinajstić information content (AvgIpc) is 3.11. The topological polar surface area (TPSA) is 33.2 Å². The van der Waals surface area contributed by atoms with Crippen LogP contribution in [0.5, 0.6) is 0 Å². The van der Waals surface area contributed by atoms with Gasteiger partial charge in [-0.2, -0.15) is 0 Å². The number of hydrogen-bond acceptors (Lipinski definition) is 3. The number of carbonyl (C=O) groups excluding carboxylic acids is 1. The molecule has 128 valence electrons. The van der Waals surface area contributed by atoms with Gasteiger partial charge in [-0.3, -0.25) is 4.79 Å². The second-order valence-corrected chi connectivity index (χ2v) is 7.81. The highest BCUT2D eigenvalue weighted by Crippen LogP contribution is 2.41. The van der Waals surface area contributed by atoms with E-state index in [9.17, 15) is 4.79 Å². The number of aromatic nitrogens is 1. The smallest absolute Gasteiger partial charge is 0.230 e. The first kappa shape index (κ1) is 16.3. The largest absolute Gasteiger partial charge is 0.315 e. The molecule has 1 amide bonds. The van der Waals surface area contributed by atoms with Crippen molar-refractivity contribution in [3.05, 3.63) is 59.6 Å². The molecule has 0 N–H and O–H groups in total. The predicted octanol–water partition coefficient (Wildman–Crippen LogP) is 5.23. The number of benzene rings is 2. The highest BCUT2D eigenvalue weighted by molar-refractivity contribution is 7.18. The SMILES string of the molecule is CN(C(=O)C1CCCCC1c1nc2ccccc2s1)c1ccccc1. The van der Waals surface area contributed by atoms with Crippen molar-refractivity contribution in [2.24, 2.45) is 5.92 Å². The van der Waals surface area contributed by atoms with Crippen molar-refractivity contribution in [2.75, 3.05) is 11.9 Å². The minimum absolute atomic E-state index is 0.0273. The summed E-state index contributed by atoms with van der Waals surface area (Å²) in [7, 11) is 1.89. The van der Waals surface area contributed by atoms with E-state index in [4.69, 9.17) is 4.98 Å². The fraction of sp³-hybridized carbons (Fsp3) is 0.333. The van der Waals surface area contributed by atoms with Crippen molar-refractivity contribution < 1.29 is 4.79 Å². The number of hydrogen-bond donors (Lipinski definition) is 0. The normalized spacial score (nSPS) is 20.5. The van der Waals surface area contributed by atoms with E-state index in [0.717, 1.165) is 35.5 Å². The minimum Gasteiger partial charge on any atom is -0.315 e. The summed E-state index contributed by atoms with van der Waals surface area (Å²) in [6, 6.07) is 18.2. The second-order valence-electron chi connectivity index (χ2n) is 6.75. The maximum absolute atomic E-state index is 13.2. The molecule has 1 aliphatic carbocycles. The molecule has 0 saturated heterocycles. The second kappa shape index (κ2) is 6.96. The lowest BCUT2D eigenvalue weighted by Crippen LogP contribution is -2.37. The van der Waals surface area contributed by atoms with Gasteiger partial charge in [-0.1, -0.05) is 43.2 Å². The molecule has 3 nitrogen and oxygen atoms in total. The highest BCUT2D eigenvalue weighted by Gasteiger charge is 2.35. The summed E-state index contributed by atoms with van der Waals surface area (Å²) >= 11 is 1.75. The lowest BCUT2D eigenvalue weighted by atomic mass is 9.78. The van der Waals surface area contributed by atoms with E-state index in [1.54, 1.807) is 11.3 Å². The van der Waals surface area contributed by atoms with Crippen molar-refractivity contribution in [3.8, 4) is 0 Å². The van der Waals surface area contributed by atoms with Crippen LogP contribution >= 0.6 is 11.3 Å². The zero-order valence-corrected chi connectivity index (χ0v) is 15.2. The van der Waals surface area contributed by atoms with Crippen molar-refractivity contribution in [1.82, 2.24) is 4.98 Å². The standard InChI is InChI=1S/C21H22N2OS/c1-23(15-9-3-2-4-10-15)21(24)17-12-6-5-11-16(17)20-22-18-13-7-8-14-19(18)25-20/h2-4,7-10,13-14,16-17H,5-6,11-12H2,1H3. The van der Waals surface area contributed by atoms with Crippen LogP contribution in [0.25, 0.3) is 10.2 Å². The number of thiazole rings is 1. The van der Waals surface area contributed by atoms with Crippen LogP contribution in [0.1, 0.15) is 36.6 Å². The fourth-order valence-electron chi connectivity index (χ4n) is 3.80. The van der Waals surface area contributed by atoms with Crippen LogP contribution in [-0.2, 0) is 4.79 Å². The number of anilines is 1. The summed E-state index contributed by atoms with van der Waals surface area (Å²) in [5.41, 5.74) is 2.01. The van der Waals surface area contributed by atoms with Crippen LogP contribution in [0.4, 0.5) is 5.69 Å². The maximum atomic E-state index is 13.2. The number of fused-ring (bicyclic) bond motifs is 1. The molecule has 4 heteroatoms. The van der Waals surface area contributed by atoms with E-state index in [-0.39, 0.29) is 17.7 Å². The van der Waals surface area contributed by atoms with Gasteiger partial charge in [-0.25, -0.2) is 4.98 Å². The number of nitrogens with zero attached hydrogens (tertiary/aromatic N) is 2. The molecular formula is C21H22N2OS. The van der Waals surface area contributed by atoms with E-state index in [0.29, 0.717) is 0 Å². The van der Waals surface area contributed by atoms with Gasteiger partial charge in [-0.15, -0.1) is 11.3 Å². The Bertz CT molecular complexity index is 841. The van der Waals surface area contributed by atoms with Gasteiger partial charge >= 0.3 is 0 Å². The first-order chi connectivity index (χ1) is 12.2. The van der Waals surface area contributed by atoms with Crippen molar-refractivity contribution in [3.63, 3.8) is 0 Å². The monoisotopic (exact) mass is 350 g/mol. The third kappa shape index (κ3) is 3.19. The average molecular weight is 350 g/mol. The van der Waals surface area contributed by atoms with Crippen LogP contribution in [0.3, 0.4) is 0 Å². The summed E-state index contributed by atoms with van der Waals surface area (Å²) in [6.07, 6.45) is 4.31. The molecule has 4 rings (SSSR count). The molecular weight excluding hydrogens is 328 g/mol. The van der Waals surface area contributed by atoms with Gasteiger partial charge in [0.1, 0.15) is 0 Å². The Hall–Kier alpha value is -2.20. The Morgan fingerprint density at radius 1 is 1.04 bits per heavy atom. The van der Waals surface area contributed by atoms with E-state index in [1.807, 2.05) is 48.3 Å². The van der Waals surface area contributed by atoms with Crippen molar-refractivity contribution in [1.29, 1.82) is 0 Å². The van der Waals surface area contributed by atoms with Gasteiger partial charge < -0.3 is 4.90 Å². The summed E-state index contributed by atoms with van der Waals surface area (Å²) in [5.74, 6) is 0.486. The third-order valence-electron chi connectivity index (χ3n) is 5.18. The lowest BCUT2D eigenvalue weighted by molar-refractivity contribution is -0.123. The van der Waals surface area contributed by atoms with Crippen LogP contribution in [0, 0.1) is 5.92 Å². The van der Waals surface area contributed by atoms with Gasteiger partial charge in [0.2, 0.25) is 5.91 Å². The Morgan fingerprint density at radius 3 is 2.56 bits per heavy atom. The zero-order chi connectivity index (χ0) is 17.2. The van der Waals surface area contributed by atoms with Crippen LogP contribution in [0.2, 0.25) is 0 Å². The highest BCUT2D eigenvalue weighted by atomic mass is 32.1. The quantitative estimate of drug-likeness (QED) is 0.648. The van der Waals surface area contributed by atoms with Crippen molar-refractivity contribution in [2.45, 2.75) is 31.6 Å². The van der Waals surface area contributed by atoms with Gasteiger partial charge in [0.25, 0.3) is 0 Å². The molecule has 1 fully saturated rings. The van der Waals surface area contributed by atoms with Gasteiger partial charge in [-0.05, 0) is 37.1 Å². The Labute approximate surface area is 152 Å². The van der Waals surface area contributed by atoms with Gasteiger partial charge in [0.15, 0.2) is 0 Å². The molecule has 2 aromatic carbocycles. The molecule has 0 bridgehead atoms. The number of amides is 1. The van der Waals surface area contributed by atoms with E-state index >= 15 is 0 Å². The molecule has 0 radical (unpaired) electrons. The van der Waals surface area contributed by atoms with Gasteiger partial charge in [0, 0.05) is 24.6 Å². The minimum atomic E-state index is 0.0273. The number of para-hydroxylation sites is 2. The maximum Gasteiger partial charge on any atom is 0.230 e. The van der Waals surface area contributed by atoms with Gasteiger partial charge in [0.05, 0.1) is 15.2 Å². The van der Waals surface area contributed by atoms with E-state index in [1.165, 1.54) is 11.1 Å². The predicted molar refractivity (Wildman–Crippen MR) is 104 cm³/mol. The molecule has 25 heavy (non-hydrogen) atoms. The molecule has 0 spiro atoms. The Kier molecular flexibility index (Phi) is 4.53. The van der Waals surface area contributed by atoms with Crippen LogP contribution in [-0.4, -0.2) is 17.9 Å². The van der Waals surface area contributed by atoms with E-state index in [2.05, 4.69) is 18.2 Å². The first-order valence-electron chi connectivity index (χ1n) is 8.92. The van der Waals surface area contributed by atoms with Crippen LogP contribution in [0.15, 0.2) is 54.6 Å². The first-order valence-corrected chi connectivity index (χ1v) is 9.74. The Morgan fingerprint density at radius 2 is 1.76 bits per heavy atom. The summed E-state index contributed by atoms with van der Waals surface area (Å²) in [5, 5.41) is 1.13. The number of carbonyl (C=O) groups is 1. The molecule has 3 aromatic rings. The fourth-order valence-corrected chi connectivity index (χ4v) is 4.97. The molecule has 1 saturated carbocycles. The molecule has 0 aliphatic heterocycles. The van der Waals surface area contributed by atoms with Crippen LogP contribution < -0.4 is 4.90 Å². The molecule has 2 unspecified atom stereocenters. The summed E-state index contributed by atoms with van der Waals surface area (Å²) < 4.78 is 1.21. The van der Waals surface area contributed by atoms with E-state index < -0.39 is 0 Å². The number of rotatable bonds is 3. The molecule has 1 aliphatic rings. The lowest BCUT2D eigenvalue weighted by Gasteiger charge is -2.32. The third-order valence-corrected chi connectivity index (χ3v) is 6.35. The zero-order valence-electron chi connectivity index (χ0n) is 14.4. The van der Waals surface area contributed by atoms with Crippen molar-refractivity contribution >= 4 is 33.1 Å². The summed E-state index contributed by atoms with van der Waals surface area (Å²) in [6.45, 7) is 0. The molecule has 1 aromatic heterocycles. The molecule has 2 atom stereocenters. The Balaban J connectivity index is 1.63.